The number of hydrogen-bond donors (Lipinski definition) is 5. The van der Waals surface area contributed by atoms with E-state index in [1.54, 1.807) is 12.3 Å². The Morgan fingerprint density at radius 2 is 1.71 bits per heavy atom. The summed E-state index contributed by atoms with van der Waals surface area (Å²) in [5, 5.41) is 37.8. The SMILES string of the molecule is CC1(O)CCC(CNc2ccc(S(=O)(=O)NC(=O)c3ccc(N4CCC5(CC4)CC(N4CCOC[C@H]4c4ccccc4C(C)(C)O)C5)cc3N3c4cc5cc[nH]c5nc4O[C@H]4COCC[C@@H]43)cc2[N+](=O)[O-])CC1. The number of pyridine rings is 1. The Hall–Kier alpha value is -5.83. The van der Waals surface area contributed by atoms with Gasteiger partial charge in [-0.3, -0.25) is 19.8 Å². The van der Waals surface area contributed by atoms with E-state index in [4.69, 9.17) is 19.2 Å². The lowest BCUT2D eigenvalue weighted by Gasteiger charge is -2.57. The van der Waals surface area contributed by atoms with Gasteiger partial charge < -0.3 is 44.5 Å². The molecule has 18 nitrogen and oxygen atoms in total. The highest BCUT2D eigenvalue weighted by atomic mass is 32.2. The van der Waals surface area contributed by atoms with E-state index in [0.717, 1.165) is 86.4 Å². The number of nitrogens with one attached hydrogen (secondary N) is 3. The van der Waals surface area contributed by atoms with E-state index in [2.05, 4.69) is 35.8 Å². The second kappa shape index (κ2) is 19.1. The van der Waals surface area contributed by atoms with Gasteiger partial charge in [-0.2, -0.15) is 4.98 Å². The third-order valence-corrected chi connectivity index (χ3v) is 18.0. The number of hydrogen-bond acceptors (Lipinski definition) is 15. The van der Waals surface area contributed by atoms with Gasteiger partial charge in [0.25, 0.3) is 21.6 Å². The predicted octanol–water partition coefficient (Wildman–Crippen LogP) is 7.68. The number of carbonyl (C=O) groups is 1. The molecule has 2 saturated carbocycles. The topological polar surface area (TPSA) is 225 Å². The van der Waals surface area contributed by atoms with Crippen LogP contribution in [0.4, 0.5) is 28.4 Å². The maximum atomic E-state index is 14.7. The second-order valence-electron chi connectivity index (χ2n) is 22.1. The minimum atomic E-state index is -4.63. The fraction of sp³-hybridized carbons (Fsp3) is 0.519. The quantitative estimate of drug-likeness (QED) is 0.0597. The van der Waals surface area contributed by atoms with Gasteiger partial charge in [-0.05, 0) is 143 Å². The van der Waals surface area contributed by atoms with Crippen molar-refractivity contribution in [2.24, 2.45) is 11.3 Å². The highest BCUT2D eigenvalue weighted by Gasteiger charge is 2.50. The minimum absolute atomic E-state index is 0.0612. The smallest absolute Gasteiger partial charge is 0.293 e. The molecule has 5 aromatic rings. The first kappa shape index (κ1) is 49.4. The van der Waals surface area contributed by atoms with Gasteiger partial charge in [-0.25, -0.2) is 13.1 Å². The first-order valence-electron chi connectivity index (χ1n) is 25.8. The molecule has 3 aromatic carbocycles. The molecule has 0 bridgehead atoms. The summed E-state index contributed by atoms with van der Waals surface area (Å²) in [5.74, 6) is -0.347. The molecule has 5 N–H and O–H groups in total. The van der Waals surface area contributed by atoms with E-state index in [1.807, 2.05) is 63.2 Å². The number of piperidine rings is 1. The molecule has 1 amide bonds. The van der Waals surface area contributed by atoms with E-state index < -0.39 is 48.7 Å². The van der Waals surface area contributed by atoms with Gasteiger partial charge in [0, 0.05) is 62.2 Å². The third-order valence-electron chi connectivity index (χ3n) is 16.7. The molecule has 73 heavy (non-hydrogen) atoms. The summed E-state index contributed by atoms with van der Waals surface area (Å²) in [4.78, 5) is 41.0. The summed E-state index contributed by atoms with van der Waals surface area (Å²) in [7, 11) is -4.63. The molecule has 5 fully saturated rings. The van der Waals surface area contributed by atoms with Crippen molar-refractivity contribution in [3.05, 3.63) is 106 Å². The Bertz CT molecular complexity index is 3000. The van der Waals surface area contributed by atoms with Crippen molar-refractivity contribution in [2.75, 3.05) is 67.7 Å². The molecule has 3 atom stereocenters. The Kier molecular flexibility index (Phi) is 12.9. The van der Waals surface area contributed by atoms with Crippen LogP contribution in [0.1, 0.15) is 106 Å². The zero-order valence-corrected chi connectivity index (χ0v) is 42.5. The van der Waals surface area contributed by atoms with Crippen LogP contribution in [0.3, 0.4) is 0 Å². The van der Waals surface area contributed by atoms with Crippen LogP contribution in [-0.2, 0) is 25.1 Å². The lowest BCUT2D eigenvalue weighted by Crippen LogP contribution is -2.58. The molecule has 0 unspecified atom stereocenters. The fourth-order valence-corrected chi connectivity index (χ4v) is 13.5. The van der Waals surface area contributed by atoms with Crippen molar-refractivity contribution in [1.82, 2.24) is 19.6 Å². The number of benzene rings is 3. The van der Waals surface area contributed by atoms with E-state index in [-0.39, 0.29) is 34.7 Å². The van der Waals surface area contributed by atoms with Crippen LogP contribution >= 0.6 is 0 Å². The summed E-state index contributed by atoms with van der Waals surface area (Å²) in [6.45, 7) is 10.3. The monoisotopic (exact) mass is 1020 g/mol. The number of nitrogens with zero attached hydrogens (tertiary/aromatic N) is 5. The lowest BCUT2D eigenvalue weighted by atomic mass is 9.59. The first-order valence-corrected chi connectivity index (χ1v) is 27.3. The summed E-state index contributed by atoms with van der Waals surface area (Å²) in [5.41, 5.74) is 3.00. The van der Waals surface area contributed by atoms with Gasteiger partial charge in [0.15, 0.2) is 0 Å². The van der Waals surface area contributed by atoms with Crippen molar-refractivity contribution in [1.29, 1.82) is 0 Å². The van der Waals surface area contributed by atoms with E-state index in [0.29, 0.717) is 81.2 Å². The Morgan fingerprint density at radius 1 is 0.945 bits per heavy atom. The lowest BCUT2D eigenvalue weighted by molar-refractivity contribution is -0.384. The highest BCUT2D eigenvalue weighted by molar-refractivity contribution is 7.90. The van der Waals surface area contributed by atoms with Gasteiger partial charge in [-0.1, -0.05) is 24.3 Å². The summed E-state index contributed by atoms with van der Waals surface area (Å²) < 4.78 is 49.1. The van der Waals surface area contributed by atoms with Crippen molar-refractivity contribution in [3.63, 3.8) is 0 Å². The normalized spacial score (nSPS) is 25.6. The molecule has 2 aliphatic carbocycles. The molecule has 388 valence electrons. The molecule has 11 rings (SSSR count). The molecule has 6 heterocycles. The molecule has 0 radical (unpaired) electrons. The number of fused-ring (bicyclic) bond motifs is 3. The summed E-state index contributed by atoms with van der Waals surface area (Å²) in [6, 6.07) is 21.4. The number of anilines is 4. The average Bonchev–Trinajstić information content (AvgIpc) is 3.83. The molecular weight excluding hydrogens is 953 g/mol. The number of H-pyrrole nitrogens is 1. The van der Waals surface area contributed by atoms with E-state index >= 15 is 0 Å². The summed E-state index contributed by atoms with van der Waals surface area (Å²) >= 11 is 0. The Morgan fingerprint density at radius 3 is 2.48 bits per heavy atom. The number of rotatable bonds is 12. The van der Waals surface area contributed by atoms with Gasteiger partial charge in [0.2, 0.25) is 5.88 Å². The molecular formula is C54H66N8O10S. The molecule has 3 saturated heterocycles. The van der Waals surface area contributed by atoms with Crippen molar-refractivity contribution in [2.45, 2.75) is 119 Å². The number of sulfonamides is 1. The number of amides is 1. The molecule has 19 heteroatoms. The largest absolute Gasteiger partial charge is 0.468 e. The second-order valence-corrected chi connectivity index (χ2v) is 23.8. The first-order chi connectivity index (χ1) is 34.9. The third kappa shape index (κ3) is 9.75. The maximum Gasteiger partial charge on any atom is 0.293 e. The molecule has 6 aliphatic rings. The molecule has 4 aliphatic heterocycles. The Balaban J connectivity index is 0.863. The number of aromatic amines is 1. The van der Waals surface area contributed by atoms with Crippen molar-refractivity contribution < 1.29 is 42.6 Å². The molecule has 1 spiro atoms. The number of nitro benzene ring substituents is 1. The van der Waals surface area contributed by atoms with E-state index in [1.165, 1.54) is 12.1 Å². The predicted molar refractivity (Wildman–Crippen MR) is 276 cm³/mol. The number of aliphatic hydroxyl groups is 2. The zero-order valence-electron chi connectivity index (χ0n) is 41.7. The van der Waals surface area contributed by atoms with Crippen LogP contribution in [0.25, 0.3) is 11.0 Å². The van der Waals surface area contributed by atoms with Crippen LogP contribution < -0.4 is 24.6 Å². The van der Waals surface area contributed by atoms with Crippen LogP contribution in [0.2, 0.25) is 0 Å². The average molecular weight is 1020 g/mol. The van der Waals surface area contributed by atoms with E-state index in [9.17, 15) is 33.5 Å². The van der Waals surface area contributed by atoms with Crippen molar-refractivity contribution >= 4 is 55.4 Å². The minimum Gasteiger partial charge on any atom is -0.468 e. The standard InChI is InChI=1S/C54H66N8O10S/c1-52(2,64)41-7-5-4-6-39(41)47-32-71-25-23-60(47)37-29-54(30-37)18-21-59(22-19-54)36-8-10-40(44(27-36)61-43-15-24-70-33-48(43)72-51-46(61)26-35-14-20-55-49(35)57-51)50(63)58-73(68,69)38-9-11-42(45(28-38)62(66)67)56-31-34-12-16-53(3,65)17-13-34/h4-11,14,20,26-28,34,37,43,47-48,56,64-65H,12-13,15-19,21-25,29-33H2,1-3H3,(H,55,57)(H,58,63)/t34?,43-,47-,48-,53?/m0/s1. The number of ether oxygens (including phenoxy) is 3. The zero-order chi connectivity index (χ0) is 50.9. The fourth-order valence-electron chi connectivity index (χ4n) is 12.5. The Labute approximate surface area is 425 Å². The van der Waals surface area contributed by atoms with Gasteiger partial charge in [0.05, 0.1) is 64.2 Å². The van der Waals surface area contributed by atoms with Crippen LogP contribution in [0.15, 0.2) is 83.9 Å². The summed E-state index contributed by atoms with van der Waals surface area (Å²) in [6.07, 6.45) is 8.80. The highest BCUT2D eigenvalue weighted by Crippen LogP contribution is 2.54. The van der Waals surface area contributed by atoms with Gasteiger partial charge in [0.1, 0.15) is 23.1 Å². The number of nitro groups is 1. The number of aromatic nitrogens is 2. The van der Waals surface area contributed by atoms with Crippen LogP contribution in [0, 0.1) is 21.4 Å². The number of morpholine rings is 1. The molecule has 2 aromatic heterocycles. The number of carbonyl (C=O) groups excluding carboxylic acids is 1. The maximum absolute atomic E-state index is 14.7. The van der Waals surface area contributed by atoms with Gasteiger partial charge in [-0.15, -0.1) is 0 Å². The van der Waals surface area contributed by atoms with Gasteiger partial charge >= 0.3 is 0 Å². The van der Waals surface area contributed by atoms with Crippen molar-refractivity contribution in [3.8, 4) is 5.88 Å². The van der Waals surface area contributed by atoms with Crippen LogP contribution in [0.5, 0.6) is 5.88 Å². The van der Waals surface area contributed by atoms with Crippen LogP contribution in [-0.4, -0.2) is 121 Å².